The van der Waals surface area contributed by atoms with Crippen LogP contribution < -0.4 is 10.6 Å². The van der Waals surface area contributed by atoms with Crippen LogP contribution in [0.3, 0.4) is 0 Å². The molecule has 2 aromatic heterocycles. The first-order chi connectivity index (χ1) is 13.0. The minimum absolute atomic E-state index is 0.0101. The Bertz CT molecular complexity index is 1020. The molecule has 1 aliphatic rings. The van der Waals surface area contributed by atoms with Crippen LogP contribution in [0.25, 0.3) is 0 Å². The van der Waals surface area contributed by atoms with Gasteiger partial charge in [0.15, 0.2) is 0 Å². The highest BCUT2D eigenvalue weighted by molar-refractivity contribution is 6.33. The van der Waals surface area contributed by atoms with Gasteiger partial charge in [0, 0.05) is 25.2 Å². The Morgan fingerprint density at radius 1 is 1.22 bits per heavy atom. The number of rotatable bonds is 4. The van der Waals surface area contributed by atoms with Crippen LogP contribution in [-0.2, 0) is 6.42 Å². The Morgan fingerprint density at radius 2 is 2.07 bits per heavy atom. The quantitative estimate of drug-likeness (QED) is 0.637. The molecular weight excluding hydrogens is 364 g/mol. The molecule has 3 aromatic rings. The van der Waals surface area contributed by atoms with Gasteiger partial charge in [0.2, 0.25) is 0 Å². The van der Waals surface area contributed by atoms with E-state index in [0.29, 0.717) is 22.1 Å². The molecule has 1 aromatic carbocycles. The molecule has 0 fully saturated rings. The Hall–Kier alpha value is -3.06. The van der Waals surface area contributed by atoms with Gasteiger partial charge in [-0.2, -0.15) is 5.10 Å². The molecule has 0 radical (unpaired) electrons. The second-order valence-electron chi connectivity index (χ2n) is 6.54. The van der Waals surface area contributed by atoms with Crippen LogP contribution >= 0.6 is 11.6 Å². The van der Waals surface area contributed by atoms with Crippen LogP contribution in [0.1, 0.15) is 21.5 Å². The van der Waals surface area contributed by atoms with Crippen molar-refractivity contribution in [3.63, 3.8) is 0 Å². The van der Waals surface area contributed by atoms with Crippen molar-refractivity contribution < 1.29 is 4.79 Å². The van der Waals surface area contributed by atoms with E-state index in [9.17, 15) is 4.79 Å². The van der Waals surface area contributed by atoms with Gasteiger partial charge in [-0.25, -0.2) is 4.98 Å². The van der Waals surface area contributed by atoms with Gasteiger partial charge in [0.05, 0.1) is 34.4 Å². The number of anilines is 4. The molecule has 0 spiro atoms. The number of halogens is 1. The monoisotopic (exact) mass is 382 g/mol. The van der Waals surface area contributed by atoms with Crippen molar-refractivity contribution in [3.8, 4) is 0 Å². The number of nitrogens with one attached hydrogen (secondary N) is 3. The van der Waals surface area contributed by atoms with E-state index in [1.54, 1.807) is 23.4 Å². The number of aryl methyl sites for hydroxylation is 1. The molecule has 8 heteroatoms. The number of aromatic nitrogens is 3. The van der Waals surface area contributed by atoms with Gasteiger partial charge >= 0.3 is 0 Å². The number of carbonyl (C=O) groups excluding carboxylic acids is 1. The smallest absolute Gasteiger partial charge is 0.255 e. The predicted molar refractivity (Wildman–Crippen MR) is 106 cm³/mol. The van der Waals surface area contributed by atoms with E-state index >= 15 is 0 Å². The summed E-state index contributed by atoms with van der Waals surface area (Å²) in [4.78, 5) is 18.7. The van der Waals surface area contributed by atoms with Crippen molar-refractivity contribution in [2.75, 3.05) is 24.2 Å². The summed E-state index contributed by atoms with van der Waals surface area (Å²) in [6.45, 7) is 2.67. The fourth-order valence-electron chi connectivity index (χ4n) is 3.09. The molecule has 0 saturated heterocycles. The number of nitrogens with zero attached hydrogens (tertiary/aromatic N) is 3. The lowest BCUT2D eigenvalue weighted by atomic mass is 9.97. The fourth-order valence-corrected chi connectivity index (χ4v) is 3.25. The summed E-state index contributed by atoms with van der Waals surface area (Å²) in [6.07, 6.45) is 4.14. The summed E-state index contributed by atoms with van der Waals surface area (Å²) in [7, 11) is 1.82. The van der Waals surface area contributed by atoms with E-state index in [1.165, 1.54) is 0 Å². The van der Waals surface area contributed by atoms with Gasteiger partial charge in [-0.3, -0.25) is 9.89 Å². The first-order valence-electron chi connectivity index (χ1n) is 8.60. The molecule has 1 amide bonds. The SMILES string of the molecule is Cc1cn[nH]c1Nc1cc(Nc2cccc3c2C(=O)N(C)CC3)c(Cl)cn1. The van der Waals surface area contributed by atoms with Gasteiger partial charge < -0.3 is 15.5 Å². The zero-order valence-corrected chi connectivity index (χ0v) is 15.8. The van der Waals surface area contributed by atoms with Crippen molar-refractivity contribution in [2.45, 2.75) is 13.3 Å². The minimum atomic E-state index is 0.0101. The highest BCUT2D eigenvalue weighted by Crippen LogP contribution is 2.32. The lowest BCUT2D eigenvalue weighted by molar-refractivity contribution is 0.0782. The number of pyridine rings is 1. The highest BCUT2D eigenvalue weighted by Gasteiger charge is 2.24. The van der Waals surface area contributed by atoms with Crippen molar-refractivity contribution in [1.82, 2.24) is 20.1 Å². The van der Waals surface area contributed by atoms with Crippen molar-refractivity contribution in [1.29, 1.82) is 0 Å². The number of benzene rings is 1. The highest BCUT2D eigenvalue weighted by atomic mass is 35.5. The number of fused-ring (bicyclic) bond motifs is 1. The van der Waals surface area contributed by atoms with Crippen LogP contribution in [0.5, 0.6) is 0 Å². The largest absolute Gasteiger partial charge is 0.353 e. The van der Waals surface area contributed by atoms with Crippen molar-refractivity contribution in [3.05, 3.63) is 58.4 Å². The molecule has 3 heterocycles. The second-order valence-corrected chi connectivity index (χ2v) is 6.95. The summed E-state index contributed by atoms with van der Waals surface area (Å²) in [5.41, 5.74) is 4.12. The maximum Gasteiger partial charge on any atom is 0.255 e. The maximum absolute atomic E-state index is 12.6. The molecule has 0 bridgehead atoms. The number of H-pyrrole nitrogens is 1. The third kappa shape index (κ3) is 3.33. The molecule has 3 N–H and O–H groups in total. The summed E-state index contributed by atoms with van der Waals surface area (Å²) in [5.74, 6) is 1.39. The van der Waals surface area contributed by atoms with E-state index in [1.807, 2.05) is 32.2 Å². The topological polar surface area (TPSA) is 85.9 Å². The van der Waals surface area contributed by atoms with Crippen LogP contribution in [0.15, 0.2) is 36.7 Å². The molecule has 27 heavy (non-hydrogen) atoms. The summed E-state index contributed by atoms with van der Waals surface area (Å²) < 4.78 is 0. The van der Waals surface area contributed by atoms with E-state index in [2.05, 4.69) is 25.8 Å². The second kappa shape index (κ2) is 6.92. The van der Waals surface area contributed by atoms with E-state index < -0.39 is 0 Å². The lowest BCUT2D eigenvalue weighted by Crippen LogP contribution is -2.34. The van der Waals surface area contributed by atoms with E-state index in [-0.39, 0.29) is 5.91 Å². The molecule has 0 saturated carbocycles. The molecule has 0 aliphatic carbocycles. The lowest BCUT2D eigenvalue weighted by Gasteiger charge is -2.27. The third-order valence-corrected chi connectivity index (χ3v) is 4.94. The zero-order valence-electron chi connectivity index (χ0n) is 15.0. The molecule has 138 valence electrons. The van der Waals surface area contributed by atoms with E-state index in [4.69, 9.17) is 11.6 Å². The maximum atomic E-state index is 12.6. The fraction of sp³-hybridized carbons (Fsp3) is 0.211. The van der Waals surface area contributed by atoms with Crippen LogP contribution in [-0.4, -0.2) is 39.6 Å². The van der Waals surface area contributed by atoms with Crippen molar-refractivity contribution >= 4 is 40.5 Å². The summed E-state index contributed by atoms with van der Waals surface area (Å²) in [6, 6.07) is 7.63. The Kier molecular flexibility index (Phi) is 4.45. The first-order valence-corrected chi connectivity index (χ1v) is 8.97. The van der Waals surface area contributed by atoms with Gasteiger partial charge in [0.25, 0.3) is 5.91 Å². The Labute approximate surface area is 161 Å². The minimum Gasteiger partial charge on any atom is -0.353 e. The van der Waals surface area contributed by atoms with Crippen LogP contribution in [0.4, 0.5) is 23.0 Å². The Morgan fingerprint density at radius 3 is 2.85 bits per heavy atom. The number of hydrogen-bond donors (Lipinski definition) is 3. The average molecular weight is 383 g/mol. The van der Waals surface area contributed by atoms with E-state index in [0.717, 1.165) is 35.6 Å². The Balaban J connectivity index is 1.67. The predicted octanol–water partition coefficient (Wildman–Crippen LogP) is 3.88. The number of carbonyl (C=O) groups is 1. The van der Waals surface area contributed by atoms with Gasteiger partial charge in [0.1, 0.15) is 11.6 Å². The number of likely N-dealkylation sites (N-methyl/N-ethyl adjacent to an activating group) is 1. The normalized spacial score (nSPS) is 13.4. The third-order valence-electron chi connectivity index (χ3n) is 4.63. The molecule has 0 unspecified atom stereocenters. The average Bonchev–Trinajstić information content (AvgIpc) is 3.06. The number of hydrogen-bond acceptors (Lipinski definition) is 5. The first kappa shape index (κ1) is 17.4. The molecular formula is C19H19ClN6O. The molecule has 4 rings (SSSR count). The van der Waals surface area contributed by atoms with Gasteiger partial charge in [-0.1, -0.05) is 23.7 Å². The standard InChI is InChI=1S/C19H19ClN6O/c1-11-9-22-25-18(11)24-16-8-15(13(20)10-21-16)23-14-5-3-4-12-6-7-26(2)19(27)17(12)14/h3-5,8-10H,6-7H2,1-2H3,(H3,21,22,23,24,25). The molecule has 7 nitrogen and oxygen atoms in total. The van der Waals surface area contributed by atoms with Gasteiger partial charge in [-0.15, -0.1) is 0 Å². The summed E-state index contributed by atoms with van der Waals surface area (Å²) in [5, 5.41) is 13.8. The summed E-state index contributed by atoms with van der Waals surface area (Å²) >= 11 is 6.34. The number of aromatic amines is 1. The van der Waals surface area contributed by atoms with Gasteiger partial charge in [-0.05, 0) is 25.0 Å². The van der Waals surface area contributed by atoms with Crippen LogP contribution in [0, 0.1) is 6.92 Å². The number of amides is 1. The van der Waals surface area contributed by atoms with Crippen molar-refractivity contribution in [2.24, 2.45) is 0 Å². The molecule has 1 aliphatic heterocycles. The zero-order chi connectivity index (χ0) is 19.0. The van der Waals surface area contributed by atoms with Crippen LogP contribution in [0.2, 0.25) is 5.02 Å². The molecule has 0 atom stereocenters.